The average molecular weight is 182 g/mol. The fourth-order valence-corrected chi connectivity index (χ4v) is 0. The first-order chi connectivity index (χ1) is 1.73. The minimum atomic E-state index is -3.79. The first-order valence-corrected chi connectivity index (χ1v) is 2.60. The summed E-state index contributed by atoms with van der Waals surface area (Å²) in [7, 11) is 0. The third-order valence-corrected chi connectivity index (χ3v) is 0. The second kappa shape index (κ2) is 4.76. The van der Waals surface area contributed by atoms with Crippen LogP contribution >= 0.6 is 0 Å². The Hall–Kier alpha value is 0.759. The molecule has 0 rings (SSSR count). The van der Waals surface area contributed by atoms with Crippen molar-refractivity contribution in [1.82, 2.24) is 0 Å². The van der Waals surface area contributed by atoms with Crippen LogP contribution in [0.5, 0.6) is 0 Å². The summed E-state index contributed by atoms with van der Waals surface area (Å²) in [4.78, 5) is 0. The second-order valence-corrected chi connectivity index (χ2v) is 1.06. The summed E-state index contributed by atoms with van der Waals surface area (Å²) in [5.41, 5.74) is 0. The van der Waals surface area contributed by atoms with Gasteiger partial charge < -0.3 is 0 Å². The molecule has 0 bridgehead atoms. The van der Waals surface area contributed by atoms with Gasteiger partial charge in [-0.2, -0.15) is 0 Å². The smallest absolute Gasteiger partial charge is 2.00 e. The van der Waals surface area contributed by atoms with Gasteiger partial charge in [0.15, 0.2) is 0 Å². The Bertz CT molecular complexity index is 29.9. The summed E-state index contributed by atoms with van der Waals surface area (Å²) >= 11 is -3.79. The quantitative estimate of drug-likeness (QED) is 0.378. The molecule has 0 unspecified atom stereocenters. The van der Waals surface area contributed by atoms with E-state index in [2.05, 4.69) is 0 Å². The Labute approximate surface area is 44.2 Å². The van der Waals surface area contributed by atoms with E-state index in [0.717, 1.165) is 0 Å². The van der Waals surface area contributed by atoms with Crippen LogP contribution in [-0.4, -0.2) is 14.5 Å². The molecule has 0 atom stereocenters. The molecular weight excluding hydrogens is 182 g/mol. The van der Waals surface area contributed by atoms with E-state index < -0.39 is 14.5 Å². The van der Waals surface area contributed by atoms with Gasteiger partial charge in [0, 0.05) is 0 Å². The maximum Gasteiger partial charge on any atom is 2.00 e. The molecule has 3 nitrogen and oxygen atoms in total. The molecule has 0 aromatic rings. The zero-order valence-electron chi connectivity index (χ0n) is 2.01. The number of hydrogen-bond donors (Lipinski definition) is 0. The molecule has 0 N–H and O–H groups in total. The molecular formula is MnO3Se. The number of rotatable bonds is 0. The molecule has 0 aliphatic rings. The van der Waals surface area contributed by atoms with Crippen LogP contribution in [0.2, 0.25) is 0 Å². The van der Waals surface area contributed by atoms with Gasteiger partial charge in [-0.1, -0.05) is 0 Å². The van der Waals surface area contributed by atoms with Crippen molar-refractivity contribution in [3.63, 3.8) is 0 Å². The van der Waals surface area contributed by atoms with E-state index in [9.17, 15) is 0 Å². The van der Waals surface area contributed by atoms with Crippen LogP contribution in [0.1, 0.15) is 0 Å². The van der Waals surface area contributed by atoms with E-state index in [1.807, 2.05) is 0 Å². The zero-order chi connectivity index (χ0) is 3.58. The van der Waals surface area contributed by atoms with E-state index >= 15 is 0 Å². The third kappa shape index (κ3) is 62.9. The second-order valence-electron chi connectivity index (χ2n) is 0.204. The Kier molecular flexibility index (Phi) is 8.79. The molecule has 0 amide bonds. The van der Waals surface area contributed by atoms with Crippen molar-refractivity contribution in [3.8, 4) is 0 Å². The van der Waals surface area contributed by atoms with Gasteiger partial charge in [0.05, 0.1) is 0 Å². The molecule has 0 spiro atoms. The minimum Gasteiger partial charge on any atom is 2.00 e. The molecule has 0 aliphatic heterocycles. The Balaban J connectivity index is 0. The van der Waals surface area contributed by atoms with Gasteiger partial charge in [0.2, 0.25) is 0 Å². The topological polar surface area (TPSA) is 63.2 Å². The molecule has 0 saturated carbocycles. The van der Waals surface area contributed by atoms with Gasteiger partial charge in [-0.3, -0.25) is 0 Å². The van der Waals surface area contributed by atoms with Crippen molar-refractivity contribution in [1.29, 1.82) is 0 Å². The molecule has 31 valence electrons. The van der Waals surface area contributed by atoms with Gasteiger partial charge in [0.1, 0.15) is 0 Å². The normalized spacial score (nSPS) is 7.00. The zero-order valence-corrected chi connectivity index (χ0v) is 4.90. The fourth-order valence-electron chi connectivity index (χ4n) is 0. The van der Waals surface area contributed by atoms with Gasteiger partial charge in [-0.05, 0) is 0 Å². The van der Waals surface area contributed by atoms with Crippen LogP contribution in [0.25, 0.3) is 0 Å². The molecule has 1 radical (unpaired) electrons. The largest absolute Gasteiger partial charge is 2.00 e. The molecule has 0 fully saturated rings. The third-order valence-electron chi connectivity index (χ3n) is 0. The van der Waals surface area contributed by atoms with Crippen molar-refractivity contribution >= 4 is 14.5 Å². The summed E-state index contributed by atoms with van der Waals surface area (Å²) in [6.07, 6.45) is 0. The monoisotopic (exact) mass is 183 g/mol. The van der Waals surface area contributed by atoms with Crippen LogP contribution < -0.4 is 8.38 Å². The van der Waals surface area contributed by atoms with Gasteiger partial charge in [-0.15, -0.1) is 0 Å². The molecule has 0 heterocycles. The first kappa shape index (κ1) is 9.23. The molecule has 0 saturated heterocycles. The summed E-state index contributed by atoms with van der Waals surface area (Å²) in [5.74, 6) is 0. The van der Waals surface area contributed by atoms with Crippen LogP contribution in [0.3, 0.4) is 0 Å². The van der Waals surface area contributed by atoms with E-state index in [1.54, 1.807) is 0 Å². The van der Waals surface area contributed by atoms with Gasteiger partial charge >= 0.3 is 43.8 Å². The Morgan fingerprint density at radius 3 is 1.40 bits per heavy atom. The molecule has 0 aromatic heterocycles. The van der Waals surface area contributed by atoms with Crippen LogP contribution in [0, 0.1) is 0 Å². The van der Waals surface area contributed by atoms with Crippen LogP contribution in [-0.2, 0) is 20.9 Å². The Morgan fingerprint density at radius 2 is 1.40 bits per heavy atom. The summed E-state index contributed by atoms with van der Waals surface area (Å²) in [5, 5.41) is 0. The molecule has 0 aliphatic carbocycles. The fraction of sp³-hybridized carbons (Fsp3) is 0. The van der Waals surface area contributed by atoms with E-state index in [-0.39, 0.29) is 17.1 Å². The Morgan fingerprint density at radius 1 is 1.40 bits per heavy atom. The van der Waals surface area contributed by atoms with Crippen molar-refractivity contribution in [3.05, 3.63) is 0 Å². The van der Waals surface area contributed by atoms with Gasteiger partial charge in [0.25, 0.3) is 0 Å². The van der Waals surface area contributed by atoms with E-state index in [1.165, 1.54) is 0 Å². The van der Waals surface area contributed by atoms with Crippen LogP contribution in [0.4, 0.5) is 0 Å². The van der Waals surface area contributed by atoms with Crippen molar-refractivity contribution in [2.45, 2.75) is 0 Å². The van der Waals surface area contributed by atoms with Crippen molar-refractivity contribution in [2.75, 3.05) is 0 Å². The van der Waals surface area contributed by atoms with Crippen molar-refractivity contribution < 1.29 is 29.3 Å². The minimum absolute atomic E-state index is 0. The van der Waals surface area contributed by atoms with E-state index in [0.29, 0.717) is 0 Å². The average Bonchev–Trinajstić information content (AvgIpc) is 0.811. The summed E-state index contributed by atoms with van der Waals surface area (Å²) in [6.45, 7) is 0. The number of hydrogen-bond acceptors (Lipinski definition) is 3. The van der Waals surface area contributed by atoms with Crippen molar-refractivity contribution in [2.24, 2.45) is 0 Å². The maximum absolute atomic E-state index is 8.54. The summed E-state index contributed by atoms with van der Waals surface area (Å²) < 4.78 is 25.6. The van der Waals surface area contributed by atoms with E-state index in [4.69, 9.17) is 12.2 Å². The molecule has 5 heavy (non-hydrogen) atoms. The first-order valence-electron chi connectivity index (χ1n) is 0.500. The molecule has 5 heteroatoms. The van der Waals surface area contributed by atoms with Gasteiger partial charge in [-0.25, -0.2) is 0 Å². The maximum atomic E-state index is 8.54. The standard InChI is InChI=1S/Mn.H2O3Se/c;1-4(2)3/h;(H2,1,2,3)/q+2;/p-2. The predicted molar refractivity (Wildman–Crippen MR) is 6.44 cm³/mol. The predicted octanol–water partition coefficient (Wildman–Crippen LogP) is -2.88. The van der Waals surface area contributed by atoms with Crippen LogP contribution in [0.15, 0.2) is 0 Å². The summed E-state index contributed by atoms with van der Waals surface area (Å²) in [6, 6.07) is 0. The SMILES string of the molecule is O=[Se]([O-])[O-].[Mn+2]. The molecule has 0 aromatic carbocycles.